The van der Waals surface area contributed by atoms with Crippen LogP contribution in [-0.2, 0) is 24.8 Å². The predicted octanol–water partition coefficient (Wildman–Crippen LogP) is 5.45. The summed E-state index contributed by atoms with van der Waals surface area (Å²) < 4.78 is 16.4. The summed E-state index contributed by atoms with van der Waals surface area (Å²) in [6, 6.07) is 9.88. The molecule has 9 nitrogen and oxygen atoms in total. The Bertz CT molecular complexity index is 1480. The molecule has 10 heteroatoms. The van der Waals surface area contributed by atoms with E-state index in [9.17, 15) is 14.0 Å². The van der Waals surface area contributed by atoms with E-state index in [1.165, 1.54) is 30.7 Å². The van der Waals surface area contributed by atoms with E-state index >= 15 is 0 Å². The van der Waals surface area contributed by atoms with Crippen molar-refractivity contribution in [3.05, 3.63) is 95.2 Å². The van der Waals surface area contributed by atoms with Crippen molar-refractivity contribution < 1.29 is 14.0 Å². The van der Waals surface area contributed by atoms with E-state index in [1.807, 2.05) is 26.8 Å². The number of hydrogen-bond donors (Lipinski definition) is 2. The SMILES string of the molecule is CC(C)Cc1ccc(C(=O)Nc2ccc(F)c(CCc3cc(NC(=O)c4cnccn4)n(C(C)(C)C)n3)c2)cn1. The molecule has 40 heavy (non-hydrogen) atoms. The van der Waals surface area contributed by atoms with Gasteiger partial charge in [0.15, 0.2) is 0 Å². The number of nitrogens with one attached hydrogen (secondary N) is 2. The number of pyridine rings is 1. The Morgan fingerprint density at radius 1 is 0.925 bits per heavy atom. The van der Waals surface area contributed by atoms with Crippen LogP contribution in [-0.4, -0.2) is 36.5 Å². The molecule has 0 unspecified atom stereocenters. The zero-order valence-corrected chi connectivity index (χ0v) is 23.4. The number of carbonyl (C=O) groups is 2. The summed E-state index contributed by atoms with van der Waals surface area (Å²) in [6.07, 6.45) is 7.51. The number of amides is 2. The molecule has 0 aliphatic carbocycles. The third kappa shape index (κ3) is 7.34. The monoisotopic (exact) mass is 543 g/mol. The van der Waals surface area contributed by atoms with Crippen LogP contribution in [0.15, 0.2) is 61.2 Å². The van der Waals surface area contributed by atoms with Gasteiger partial charge in [0.05, 0.1) is 23.0 Å². The van der Waals surface area contributed by atoms with Crippen LogP contribution >= 0.6 is 0 Å². The number of nitrogens with zero attached hydrogens (tertiary/aromatic N) is 5. The molecule has 0 atom stereocenters. The lowest BCUT2D eigenvalue weighted by atomic mass is 10.1. The molecular weight excluding hydrogens is 509 g/mol. The largest absolute Gasteiger partial charge is 0.322 e. The Morgan fingerprint density at radius 2 is 1.73 bits per heavy atom. The van der Waals surface area contributed by atoms with Gasteiger partial charge in [0, 0.05) is 36.0 Å². The summed E-state index contributed by atoms with van der Waals surface area (Å²) in [5.41, 5.74) is 2.76. The number of benzene rings is 1. The highest BCUT2D eigenvalue weighted by Gasteiger charge is 2.22. The summed E-state index contributed by atoms with van der Waals surface area (Å²) >= 11 is 0. The molecule has 2 amide bonds. The molecule has 1 aromatic carbocycles. The first-order valence-electron chi connectivity index (χ1n) is 13.2. The lowest BCUT2D eigenvalue weighted by Crippen LogP contribution is -2.27. The van der Waals surface area contributed by atoms with Gasteiger partial charge in [-0.1, -0.05) is 13.8 Å². The molecule has 4 aromatic rings. The minimum Gasteiger partial charge on any atom is -0.322 e. The van der Waals surface area contributed by atoms with Gasteiger partial charge in [-0.25, -0.2) is 14.1 Å². The molecule has 0 fully saturated rings. The van der Waals surface area contributed by atoms with Crippen LogP contribution in [0.3, 0.4) is 0 Å². The molecule has 0 saturated carbocycles. The number of aromatic nitrogens is 5. The molecule has 3 aromatic heterocycles. The lowest BCUT2D eigenvalue weighted by molar-refractivity contribution is 0.101. The number of aryl methyl sites for hydroxylation is 2. The average Bonchev–Trinajstić information content (AvgIpc) is 3.32. The third-order valence-corrected chi connectivity index (χ3v) is 6.09. The summed E-state index contributed by atoms with van der Waals surface area (Å²) in [5, 5.41) is 10.4. The maximum atomic E-state index is 14.7. The van der Waals surface area contributed by atoms with Gasteiger partial charge >= 0.3 is 0 Å². The number of carbonyl (C=O) groups excluding carboxylic acids is 2. The molecule has 2 N–H and O–H groups in total. The van der Waals surface area contributed by atoms with Gasteiger partial charge in [-0.05, 0) is 81.8 Å². The second kappa shape index (κ2) is 12.1. The van der Waals surface area contributed by atoms with Crippen molar-refractivity contribution in [2.24, 2.45) is 5.92 Å². The Hall–Kier alpha value is -4.47. The predicted molar refractivity (Wildman–Crippen MR) is 152 cm³/mol. The molecule has 0 bridgehead atoms. The second-order valence-electron chi connectivity index (χ2n) is 11.0. The van der Waals surface area contributed by atoms with Gasteiger partial charge in [0.1, 0.15) is 17.3 Å². The van der Waals surface area contributed by atoms with Crippen molar-refractivity contribution in [1.82, 2.24) is 24.7 Å². The van der Waals surface area contributed by atoms with E-state index in [4.69, 9.17) is 0 Å². The Kier molecular flexibility index (Phi) is 8.67. The van der Waals surface area contributed by atoms with Gasteiger partial charge in [0.2, 0.25) is 0 Å². The van der Waals surface area contributed by atoms with Crippen LogP contribution in [0.4, 0.5) is 15.9 Å². The molecule has 0 aliphatic rings. The first kappa shape index (κ1) is 28.5. The molecule has 0 aliphatic heterocycles. The molecule has 0 radical (unpaired) electrons. The zero-order valence-electron chi connectivity index (χ0n) is 23.4. The van der Waals surface area contributed by atoms with E-state index in [-0.39, 0.29) is 17.4 Å². The lowest BCUT2D eigenvalue weighted by Gasteiger charge is -2.22. The summed E-state index contributed by atoms with van der Waals surface area (Å²) in [4.78, 5) is 37.8. The van der Waals surface area contributed by atoms with E-state index in [0.717, 1.165) is 12.1 Å². The minimum atomic E-state index is -0.416. The van der Waals surface area contributed by atoms with Crippen LogP contribution in [0, 0.1) is 11.7 Å². The fraction of sp³-hybridized carbons (Fsp3) is 0.333. The first-order chi connectivity index (χ1) is 19.0. The molecule has 208 valence electrons. The van der Waals surface area contributed by atoms with E-state index in [0.29, 0.717) is 47.1 Å². The van der Waals surface area contributed by atoms with Crippen molar-refractivity contribution in [1.29, 1.82) is 0 Å². The molecule has 0 spiro atoms. The van der Waals surface area contributed by atoms with Gasteiger partial charge in [-0.15, -0.1) is 0 Å². The maximum Gasteiger partial charge on any atom is 0.277 e. The summed E-state index contributed by atoms with van der Waals surface area (Å²) in [5.74, 6) is -0.101. The zero-order chi connectivity index (χ0) is 28.9. The highest BCUT2D eigenvalue weighted by molar-refractivity contribution is 6.04. The van der Waals surface area contributed by atoms with E-state index in [2.05, 4.69) is 44.5 Å². The van der Waals surface area contributed by atoms with E-state index in [1.54, 1.807) is 29.1 Å². The Labute approximate surface area is 233 Å². The summed E-state index contributed by atoms with van der Waals surface area (Å²) in [6.45, 7) is 10.1. The standard InChI is InChI=1S/C30H34FN7O2/c1-19(2)14-22-8-7-21(17-34-22)28(39)35-23-10-11-25(31)20(15-23)6-9-24-16-27(38(37-24)30(3,4)5)36-29(40)26-18-32-12-13-33-26/h7-8,10-13,15-19H,6,9,14H2,1-5H3,(H,35,39)(H,36,40). The van der Waals surface area contributed by atoms with Gasteiger partial charge in [-0.2, -0.15) is 5.10 Å². The third-order valence-electron chi connectivity index (χ3n) is 6.09. The van der Waals surface area contributed by atoms with Crippen LogP contribution in [0.25, 0.3) is 0 Å². The van der Waals surface area contributed by atoms with Crippen molar-refractivity contribution >= 4 is 23.3 Å². The van der Waals surface area contributed by atoms with Gasteiger partial charge < -0.3 is 10.6 Å². The number of halogens is 1. The van der Waals surface area contributed by atoms with Crippen molar-refractivity contribution in [2.75, 3.05) is 10.6 Å². The molecule has 0 saturated heterocycles. The Morgan fingerprint density at radius 3 is 2.38 bits per heavy atom. The van der Waals surface area contributed by atoms with Crippen LogP contribution in [0.1, 0.15) is 72.4 Å². The van der Waals surface area contributed by atoms with Gasteiger partial charge in [0.25, 0.3) is 11.8 Å². The number of rotatable bonds is 9. The smallest absolute Gasteiger partial charge is 0.277 e. The molecule has 3 heterocycles. The quantitative estimate of drug-likeness (QED) is 0.290. The second-order valence-corrected chi connectivity index (χ2v) is 11.0. The fourth-order valence-corrected chi connectivity index (χ4v) is 4.16. The Balaban J connectivity index is 1.45. The van der Waals surface area contributed by atoms with Crippen molar-refractivity contribution in [3.8, 4) is 0 Å². The molecular formula is C30H34FN7O2. The first-order valence-corrected chi connectivity index (χ1v) is 13.2. The number of hydrogen-bond acceptors (Lipinski definition) is 6. The van der Waals surface area contributed by atoms with Crippen molar-refractivity contribution in [2.45, 2.75) is 59.4 Å². The minimum absolute atomic E-state index is 0.189. The van der Waals surface area contributed by atoms with E-state index < -0.39 is 11.4 Å². The summed E-state index contributed by atoms with van der Waals surface area (Å²) in [7, 11) is 0. The number of anilines is 2. The molecule has 4 rings (SSSR count). The highest BCUT2D eigenvalue weighted by Crippen LogP contribution is 2.24. The van der Waals surface area contributed by atoms with Gasteiger partial charge in [-0.3, -0.25) is 19.6 Å². The topological polar surface area (TPSA) is 115 Å². The van der Waals surface area contributed by atoms with Crippen LogP contribution < -0.4 is 10.6 Å². The van der Waals surface area contributed by atoms with Crippen LogP contribution in [0.5, 0.6) is 0 Å². The maximum absolute atomic E-state index is 14.7. The average molecular weight is 544 g/mol. The normalized spacial score (nSPS) is 11.5. The fourth-order valence-electron chi connectivity index (χ4n) is 4.16. The highest BCUT2D eigenvalue weighted by atomic mass is 19.1. The van der Waals surface area contributed by atoms with Crippen molar-refractivity contribution in [3.63, 3.8) is 0 Å². The van der Waals surface area contributed by atoms with Crippen LogP contribution in [0.2, 0.25) is 0 Å².